The molecule has 1 aliphatic rings. The van der Waals surface area contributed by atoms with E-state index in [0.717, 1.165) is 31.7 Å². The smallest absolute Gasteiger partial charge is 0.370 e. The summed E-state index contributed by atoms with van der Waals surface area (Å²) in [7, 11) is 0. The molecule has 0 amide bonds. The van der Waals surface area contributed by atoms with Crippen molar-refractivity contribution in [2.24, 2.45) is 16.5 Å². The Morgan fingerprint density at radius 1 is 1.19 bits per heavy atom. The fraction of sp³-hybridized carbons (Fsp3) is 0.500. The molecule has 0 unspecified atom stereocenters. The molecule has 0 radical (unpaired) electrons. The van der Waals surface area contributed by atoms with E-state index in [4.69, 9.17) is 11.5 Å². The Balaban J connectivity index is 0.00000220. The Kier molecular flexibility index (Phi) is 5.89. The van der Waals surface area contributed by atoms with E-state index in [0.29, 0.717) is 12.1 Å². The Bertz CT molecular complexity index is 504. The van der Waals surface area contributed by atoms with E-state index in [1.54, 1.807) is 6.07 Å². The third kappa shape index (κ3) is 4.24. The van der Waals surface area contributed by atoms with Crippen molar-refractivity contribution in [3.63, 3.8) is 0 Å². The Morgan fingerprint density at radius 2 is 1.81 bits per heavy atom. The predicted octanol–water partition coefficient (Wildman–Crippen LogP) is 3.41. The van der Waals surface area contributed by atoms with Gasteiger partial charge in [-0.3, -0.25) is 4.99 Å². The summed E-state index contributed by atoms with van der Waals surface area (Å²) < 4.78 is 38.5. The molecular formula is C14H19F3IN3. The first-order valence-corrected chi connectivity index (χ1v) is 6.57. The quantitative estimate of drug-likeness (QED) is 0.453. The maximum absolute atomic E-state index is 12.8. The van der Waals surface area contributed by atoms with Crippen molar-refractivity contribution in [3.05, 3.63) is 35.4 Å². The molecule has 21 heavy (non-hydrogen) atoms. The number of benzene rings is 1. The molecule has 7 heteroatoms. The molecule has 1 aromatic carbocycles. The van der Waals surface area contributed by atoms with Gasteiger partial charge in [0.05, 0.1) is 12.1 Å². The van der Waals surface area contributed by atoms with Crippen molar-refractivity contribution >= 4 is 29.9 Å². The summed E-state index contributed by atoms with van der Waals surface area (Å²) in [5.74, 6) is -0.0248. The highest BCUT2D eigenvalue weighted by molar-refractivity contribution is 14.0. The molecule has 1 saturated carbocycles. The molecule has 1 aliphatic carbocycles. The Morgan fingerprint density at radius 3 is 2.33 bits per heavy atom. The molecule has 1 aromatic rings. The minimum Gasteiger partial charge on any atom is -0.370 e. The van der Waals surface area contributed by atoms with Crippen LogP contribution in [0, 0.1) is 0 Å². The molecule has 3 nitrogen and oxygen atoms in total. The van der Waals surface area contributed by atoms with Gasteiger partial charge in [0.2, 0.25) is 0 Å². The molecule has 0 atom stereocenters. The van der Waals surface area contributed by atoms with Gasteiger partial charge >= 0.3 is 6.18 Å². The van der Waals surface area contributed by atoms with Gasteiger partial charge in [-0.25, -0.2) is 0 Å². The average Bonchev–Trinajstić information content (AvgIpc) is 2.86. The molecule has 0 aliphatic heterocycles. The van der Waals surface area contributed by atoms with Gasteiger partial charge in [-0.15, -0.1) is 24.0 Å². The number of aliphatic imine (C=N–C) groups is 1. The van der Waals surface area contributed by atoms with Gasteiger partial charge in [0.15, 0.2) is 5.96 Å². The lowest BCUT2D eigenvalue weighted by Gasteiger charge is -2.28. The van der Waals surface area contributed by atoms with Crippen LogP contribution in [0.25, 0.3) is 0 Å². The average molecular weight is 413 g/mol. The Labute approximate surface area is 139 Å². The lowest BCUT2D eigenvalue weighted by Crippen LogP contribution is -2.30. The highest BCUT2D eigenvalue weighted by Crippen LogP contribution is 2.43. The van der Waals surface area contributed by atoms with E-state index >= 15 is 0 Å². The molecule has 118 valence electrons. The summed E-state index contributed by atoms with van der Waals surface area (Å²) in [6.45, 7) is 0.344. The zero-order valence-corrected chi connectivity index (χ0v) is 13.8. The van der Waals surface area contributed by atoms with Gasteiger partial charge in [0.25, 0.3) is 0 Å². The number of alkyl halides is 3. The molecule has 0 aromatic heterocycles. The fourth-order valence-electron chi connectivity index (χ4n) is 2.86. The summed E-state index contributed by atoms with van der Waals surface area (Å²) in [5, 5.41) is 0. The SMILES string of the molecule is I.NC(N)=NCC1(c2cccc(C(F)(F)F)c2)CCCC1. The number of hydrogen-bond acceptors (Lipinski definition) is 1. The van der Waals surface area contributed by atoms with E-state index in [1.807, 2.05) is 0 Å². The second-order valence-corrected chi connectivity index (χ2v) is 5.31. The van der Waals surface area contributed by atoms with Crippen LogP contribution in [0.4, 0.5) is 13.2 Å². The predicted molar refractivity (Wildman–Crippen MR) is 87.7 cm³/mol. The van der Waals surface area contributed by atoms with E-state index in [-0.39, 0.29) is 35.4 Å². The van der Waals surface area contributed by atoms with Crippen LogP contribution >= 0.6 is 24.0 Å². The third-order valence-electron chi connectivity index (χ3n) is 3.93. The minimum atomic E-state index is -4.33. The first-order chi connectivity index (χ1) is 9.33. The Hall–Kier alpha value is -0.990. The van der Waals surface area contributed by atoms with Crippen molar-refractivity contribution in [1.82, 2.24) is 0 Å². The molecule has 0 saturated heterocycles. The van der Waals surface area contributed by atoms with Crippen molar-refractivity contribution in [2.45, 2.75) is 37.3 Å². The van der Waals surface area contributed by atoms with Gasteiger partial charge in [-0.05, 0) is 24.5 Å². The van der Waals surface area contributed by atoms with Crippen molar-refractivity contribution < 1.29 is 13.2 Å². The van der Waals surface area contributed by atoms with Crippen LogP contribution in [0.1, 0.15) is 36.8 Å². The van der Waals surface area contributed by atoms with Crippen LogP contribution in [0.5, 0.6) is 0 Å². The normalized spacial score (nSPS) is 17.1. The highest BCUT2D eigenvalue weighted by atomic mass is 127. The highest BCUT2D eigenvalue weighted by Gasteiger charge is 2.38. The number of guanidine groups is 1. The number of nitrogens with zero attached hydrogens (tertiary/aromatic N) is 1. The lowest BCUT2D eigenvalue weighted by molar-refractivity contribution is -0.137. The minimum absolute atomic E-state index is 0. The summed E-state index contributed by atoms with van der Waals surface area (Å²) in [6.07, 6.45) is -0.741. The molecule has 0 bridgehead atoms. The van der Waals surface area contributed by atoms with Crippen molar-refractivity contribution in [2.75, 3.05) is 6.54 Å². The topological polar surface area (TPSA) is 64.4 Å². The molecule has 0 spiro atoms. The van der Waals surface area contributed by atoms with Crippen LogP contribution in [0.2, 0.25) is 0 Å². The van der Waals surface area contributed by atoms with Crippen LogP contribution in [-0.4, -0.2) is 12.5 Å². The summed E-state index contributed by atoms with van der Waals surface area (Å²) >= 11 is 0. The van der Waals surface area contributed by atoms with E-state index in [1.165, 1.54) is 12.1 Å². The summed E-state index contributed by atoms with van der Waals surface area (Å²) in [4.78, 5) is 4.04. The van der Waals surface area contributed by atoms with E-state index in [9.17, 15) is 13.2 Å². The van der Waals surface area contributed by atoms with Gasteiger partial charge in [-0.2, -0.15) is 13.2 Å². The lowest BCUT2D eigenvalue weighted by atomic mass is 9.78. The third-order valence-corrected chi connectivity index (χ3v) is 3.93. The summed E-state index contributed by atoms with van der Waals surface area (Å²) in [6, 6.07) is 5.51. The van der Waals surface area contributed by atoms with Gasteiger partial charge < -0.3 is 11.5 Å². The largest absolute Gasteiger partial charge is 0.416 e. The maximum Gasteiger partial charge on any atom is 0.416 e. The van der Waals surface area contributed by atoms with Gasteiger partial charge in [0, 0.05) is 5.41 Å². The van der Waals surface area contributed by atoms with E-state index < -0.39 is 11.7 Å². The number of hydrogen-bond donors (Lipinski definition) is 2. The zero-order valence-electron chi connectivity index (χ0n) is 11.5. The summed E-state index contributed by atoms with van der Waals surface area (Å²) in [5.41, 5.74) is 10.4. The first kappa shape index (κ1) is 18.1. The van der Waals surface area contributed by atoms with Crippen LogP contribution in [0.3, 0.4) is 0 Å². The van der Waals surface area contributed by atoms with E-state index in [2.05, 4.69) is 4.99 Å². The standard InChI is InChI=1S/C14H18F3N3.HI/c15-14(16,17)11-5-3-4-10(8-11)13(6-1-2-7-13)9-20-12(18)19;/h3-5,8H,1-2,6-7,9H2,(H4,18,19,20);1H. The second kappa shape index (κ2) is 6.85. The van der Waals surface area contributed by atoms with Crippen molar-refractivity contribution in [1.29, 1.82) is 0 Å². The number of nitrogens with two attached hydrogens (primary N) is 2. The zero-order chi connectivity index (χ0) is 14.8. The first-order valence-electron chi connectivity index (χ1n) is 6.57. The van der Waals surface area contributed by atoms with Crippen LogP contribution in [-0.2, 0) is 11.6 Å². The molecular weight excluding hydrogens is 394 g/mol. The van der Waals surface area contributed by atoms with Crippen LogP contribution < -0.4 is 11.5 Å². The number of halogens is 4. The molecule has 2 rings (SSSR count). The van der Waals surface area contributed by atoms with Gasteiger partial charge in [0.1, 0.15) is 0 Å². The molecule has 4 N–H and O–H groups in total. The number of rotatable bonds is 3. The fourth-order valence-corrected chi connectivity index (χ4v) is 2.86. The van der Waals surface area contributed by atoms with Gasteiger partial charge in [-0.1, -0.05) is 31.0 Å². The molecule has 1 fully saturated rings. The van der Waals surface area contributed by atoms with Crippen molar-refractivity contribution in [3.8, 4) is 0 Å². The molecule has 0 heterocycles. The van der Waals surface area contributed by atoms with Crippen LogP contribution in [0.15, 0.2) is 29.3 Å². The second-order valence-electron chi connectivity index (χ2n) is 5.31. The monoisotopic (exact) mass is 413 g/mol. The maximum atomic E-state index is 12.8.